The van der Waals surface area contributed by atoms with E-state index in [9.17, 15) is 19.5 Å². The number of carbonyl (C=O) groups is 3. The van der Waals surface area contributed by atoms with Crippen molar-refractivity contribution in [2.24, 2.45) is 21.1 Å². The molecule has 3 aromatic rings. The van der Waals surface area contributed by atoms with E-state index in [4.69, 9.17) is 0 Å². The molecule has 0 unspecified atom stereocenters. The van der Waals surface area contributed by atoms with Gasteiger partial charge in [-0.15, -0.1) is 0 Å². The Kier molecular flexibility index (Phi) is 4.69. The first kappa shape index (κ1) is 18.8. The van der Waals surface area contributed by atoms with Gasteiger partial charge in [0.05, 0.1) is 35.7 Å². The molecular weight excluding hydrogens is 368 g/mol. The van der Waals surface area contributed by atoms with Crippen molar-refractivity contribution in [1.82, 2.24) is 29.3 Å². The molecule has 0 saturated heterocycles. The lowest BCUT2D eigenvalue weighted by molar-refractivity contribution is 0.0692. The zero-order chi connectivity index (χ0) is 20.6. The molecule has 0 aliphatic carbocycles. The Morgan fingerprint density at radius 3 is 1.93 bits per heavy atom. The van der Waals surface area contributed by atoms with Crippen LogP contribution in [0.1, 0.15) is 37.0 Å². The van der Waals surface area contributed by atoms with Gasteiger partial charge in [-0.05, 0) is 6.92 Å². The van der Waals surface area contributed by atoms with Gasteiger partial charge in [-0.3, -0.25) is 23.6 Å². The lowest BCUT2D eigenvalue weighted by Crippen LogP contribution is -2.23. The van der Waals surface area contributed by atoms with Crippen LogP contribution in [0.15, 0.2) is 18.6 Å². The van der Waals surface area contributed by atoms with E-state index in [1.165, 1.54) is 24.1 Å². The van der Waals surface area contributed by atoms with Gasteiger partial charge in [0.2, 0.25) is 0 Å². The molecule has 3 rings (SSSR count). The second-order valence-corrected chi connectivity index (χ2v) is 6.04. The second-order valence-electron chi connectivity index (χ2n) is 6.04. The third kappa shape index (κ3) is 3.22. The first-order valence-electron chi connectivity index (χ1n) is 8.09. The highest BCUT2D eigenvalue weighted by molar-refractivity contribution is 6.13. The number of anilines is 2. The van der Waals surface area contributed by atoms with Crippen molar-refractivity contribution >= 4 is 29.2 Å². The molecule has 0 aliphatic heterocycles. The van der Waals surface area contributed by atoms with Gasteiger partial charge in [0.15, 0.2) is 0 Å². The van der Waals surface area contributed by atoms with E-state index < -0.39 is 17.8 Å². The fraction of sp³-hybridized carbons (Fsp3) is 0.250. The number of aryl methyl sites for hydroxylation is 3. The topological polar surface area (TPSA) is 149 Å². The van der Waals surface area contributed by atoms with E-state index in [0.29, 0.717) is 5.69 Å². The average Bonchev–Trinajstić information content (AvgIpc) is 3.28. The Labute approximate surface area is 158 Å². The molecule has 0 saturated carbocycles. The maximum Gasteiger partial charge on any atom is 0.339 e. The van der Waals surface area contributed by atoms with E-state index in [0.717, 1.165) is 16.6 Å². The van der Waals surface area contributed by atoms with Crippen LogP contribution in [0.2, 0.25) is 0 Å². The minimum atomic E-state index is -1.28. The normalized spacial score (nSPS) is 10.7. The number of aromatic carboxylic acids is 1. The zero-order valence-corrected chi connectivity index (χ0v) is 15.6. The minimum absolute atomic E-state index is 0.0932. The molecule has 0 radical (unpaired) electrons. The summed E-state index contributed by atoms with van der Waals surface area (Å²) in [5, 5.41) is 26.3. The lowest BCUT2D eigenvalue weighted by atomic mass is 10.2. The summed E-state index contributed by atoms with van der Waals surface area (Å²) in [6.45, 7) is 1.80. The number of nitrogens with one attached hydrogen (secondary N) is 2. The van der Waals surface area contributed by atoms with Crippen molar-refractivity contribution < 1.29 is 19.5 Å². The number of nitrogens with zero attached hydrogens (tertiary/aromatic N) is 6. The highest BCUT2D eigenvalue weighted by Gasteiger charge is 2.25. The van der Waals surface area contributed by atoms with Crippen molar-refractivity contribution in [2.45, 2.75) is 6.92 Å². The largest absolute Gasteiger partial charge is 0.478 e. The van der Waals surface area contributed by atoms with Crippen molar-refractivity contribution in [2.75, 3.05) is 10.6 Å². The van der Waals surface area contributed by atoms with Crippen LogP contribution in [-0.4, -0.2) is 52.2 Å². The molecule has 0 aromatic carbocycles. The van der Waals surface area contributed by atoms with E-state index in [-0.39, 0.29) is 22.6 Å². The van der Waals surface area contributed by atoms with Crippen molar-refractivity contribution in [3.8, 4) is 0 Å². The predicted octanol–water partition coefficient (Wildman–Crippen LogP) is 0.398. The van der Waals surface area contributed by atoms with Gasteiger partial charge in [0.25, 0.3) is 11.8 Å². The molecule has 0 fully saturated rings. The van der Waals surface area contributed by atoms with Crippen LogP contribution in [0.4, 0.5) is 11.4 Å². The standard InChI is InChI=1S/C16H18N8O4/c1-8-10(6-18-22(8)2)20-15(26)13-11(7-19-24(13)4)21-14(25)12-9(16(27)28)5-17-23(12)3/h5-7H,1-4H3,(H,20,26)(H,21,25)(H,27,28). The number of rotatable bonds is 5. The van der Waals surface area contributed by atoms with Gasteiger partial charge >= 0.3 is 5.97 Å². The van der Waals surface area contributed by atoms with Gasteiger partial charge in [0, 0.05) is 21.1 Å². The molecule has 0 bridgehead atoms. The quantitative estimate of drug-likeness (QED) is 0.574. The smallest absolute Gasteiger partial charge is 0.339 e. The fourth-order valence-corrected chi connectivity index (χ4v) is 2.65. The number of aromatic nitrogens is 6. The summed E-state index contributed by atoms with van der Waals surface area (Å²) < 4.78 is 4.06. The van der Waals surface area contributed by atoms with Crippen LogP contribution in [0.5, 0.6) is 0 Å². The summed E-state index contributed by atoms with van der Waals surface area (Å²) in [6.07, 6.45) is 3.90. The molecule has 3 heterocycles. The summed E-state index contributed by atoms with van der Waals surface area (Å²) in [5.41, 5.74) is 1.10. The van der Waals surface area contributed by atoms with Crippen LogP contribution in [0, 0.1) is 6.92 Å². The second kappa shape index (κ2) is 6.98. The number of hydrogen-bond acceptors (Lipinski definition) is 6. The molecule has 28 heavy (non-hydrogen) atoms. The number of hydrogen-bond donors (Lipinski definition) is 3. The SMILES string of the molecule is Cc1c(NC(=O)c2c(NC(=O)c3c(C(=O)O)cnn3C)cnn2C)cnn1C. The molecule has 2 amide bonds. The summed E-state index contributed by atoms with van der Waals surface area (Å²) in [5.74, 6) is -2.51. The van der Waals surface area contributed by atoms with Gasteiger partial charge in [0.1, 0.15) is 17.0 Å². The zero-order valence-electron chi connectivity index (χ0n) is 15.6. The molecule has 3 aromatic heterocycles. The van der Waals surface area contributed by atoms with E-state index >= 15 is 0 Å². The van der Waals surface area contributed by atoms with E-state index in [1.54, 1.807) is 25.7 Å². The maximum atomic E-state index is 12.7. The molecular formula is C16H18N8O4. The number of carboxylic acids is 1. The average molecular weight is 386 g/mol. The van der Waals surface area contributed by atoms with Crippen LogP contribution in [-0.2, 0) is 21.1 Å². The van der Waals surface area contributed by atoms with Gasteiger partial charge < -0.3 is 15.7 Å². The Bertz CT molecular complexity index is 1090. The maximum absolute atomic E-state index is 12.7. The third-order valence-corrected chi connectivity index (χ3v) is 4.27. The number of carboxylic acid groups (broad SMARTS) is 1. The van der Waals surface area contributed by atoms with E-state index in [2.05, 4.69) is 25.9 Å². The van der Waals surface area contributed by atoms with Crippen LogP contribution >= 0.6 is 0 Å². The summed E-state index contributed by atoms with van der Waals surface area (Å²) in [6, 6.07) is 0. The first-order chi connectivity index (χ1) is 13.2. The Morgan fingerprint density at radius 2 is 1.32 bits per heavy atom. The van der Waals surface area contributed by atoms with Gasteiger partial charge in [-0.2, -0.15) is 15.3 Å². The van der Waals surface area contributed by atoms with Crippen LogP contribution < -0.4 is 10.6 Å². The van der Waals surface area contributed by atoms with Gasteiger partial charge in [-0.25, -0.2) is 4.79 Å². The fourth-order valence-electron chi connectivity index (χ4n) is 2.65. The van der Waals surface area contributed by atoms with Crippen molar-refractivity contribution in [1.29, 1.82) is 0 Å². The monoisotopic (exact) mass is 386 g/mol. The number of amides is 2. The molecule has 12 heteroatoms. The highest BCUT2D eigenvalue weighted by atomic mass is 16.4. The Morgan fingerprint density at radius 1 is 0.821 bits per heavy atom. The molecule has 0 aliphatic rings. The minimum Gasteiger partial charge on any atom is -0.478 e. The molecule has 12 nitrogen and oxygen atoms in total. The first-order valence-corrected chi connectivity index (χ1v) is 8.09. The molecule has 3 N–H and O–H groups in total. The summed E-state index contributed by atoms with van der Waals surface area (Å²) >= 11 is 0. The summed E-state index contributed by atoms with van der Waals surface area (Å²) in [4.78, 5) is 36.6. The summed E-state index contributed by atoms with van der Waals surface area (Å²) in [7, 11) is 4.74. The number of carbonyl (C=O) groups excluding carboxylic acids is 2. The van der Waals surface area contributed by atoms with E-state index in [1.807, 2.05) is 0 Å². The van der Waals surface area contributed by atoms with Crippen molar-refractivity contribution in [3.05, 3.63) is 41.2 Å². The Balaban J connectivity index is 1.88. The van der Waals surface area contributed by atoms with Gasteiger partial charge in [-0.1, -0.05) is 0 Å². The highest BCUT2D eigenvalue weighted by Crippen LogP contribution is 2.20. The van der Waals surface area contributed by atoms with Crippen molar-refractivity contribution in [3.63, 3.8) is 0 Å². The van der Waals surface area contributed by atoms with Crippen LogP contribution in [0.3, 0.4) is 0 Å². The lowest BCUT2D eigenvalue weighted by Gasteiger charge is -2.09. The molecule has 0 spiro atoms. The van der Waals surface area contributed by atoms with Crippen LogP contribution in [0.25, 0.3) is 0 Å². The molecule has 0 atom stereocenters. The molecule has 146 valence electrons. The Hall–Kier alpha value is -3.96. The predicted molar refractivity (Wildman–Crippen MR) is 97.2 cm³/mol. The third-order valence-electron chi connectivity index (χ3n) is 4.27.